The second-order valence-electron chi connectivity index (χ2n) is 5.22. The van der Waals surface area contributed by atoms with Gasteiger partial charge in [-0.05, 0) is 20.8 Å². The third kappa shape index (κ3) is 1.73. The molecule has 0 aliphatic carbocycles. The maximum Gasteiger partial charge on any atom is 0.176 e. The van der Waals surface area contributed by atoms with Crippen LogP contribution in [-0.4, -0.2) is 39.6 Å². The van der Waals surface area contributed by atoms with Crippen LogP contribution in [0.4, 0.5) is 0 Å². The summed E-state index contributed by atoms with van der Waals surface area (Å²) in [5, 5.41) is 17.3. The number of hydrogen-bond donors (Lipinski definition) is 1. The zero-order valence-corrected chi connectivity index (χ0v) is 13.0. The van der Waals surface area contributed by atoms with Crippen LogP contribution < -0.4 is 0 Å². The van der Waals surface area contributed by atoms with E-state index >= 15 is 0 Å². The summed E-state index contributed by atoms with van der Waals surface area (Å²) in [6, 6.07) is -0.131. The third-order valence-electron chi connectivity index (χ3n) is 3.78. The van der Waals surface area contributed by atoms with Gasteiger partial charge in [-0.1, -0.05) is 11.6 Å². The zero-order valence-electron chi connectivity index (χ0n) is 12.2. The van der Waals surface area contributed by atoms with E-state index in [2.05, 4.69) is 30.4 Å². The van der Waals surface area contributed by atoms with Gasteiger partial charge in [0.05, 0.1) is 28.0 Å². The highest BCUT2D eigenvalue weighted by molar-refractivity contribution is 6.31. The van der Waals surface area contributed by atoms with Crippen LogP contribution in [-0.2, 0) is 0 Å². The minimum absolute atomic E-state index is 0.131. The number of rotatable bonds is 2. The van der Waals surface area contributed by atoms with E-state index in [-0.39, 0.29) is 6.04 Å². The fourth-order valence-electron chi connectivity index (χ4n) is 2.56. The van der Waals surface area contributed by atoms with Gasteiger partial charge < -0.3 is 0 Å². The van der Waals surface area contributed by atoms with Crippen LogP contribution in [0.2, 0.25) is 5.02 Å². The number of aromatic nitrogens is 8. The van der Waals surface area contributed by atoms with Crippen molar-refractivity contribution in [2.24, 2.45) is 0 Å². The van der Waals surface area contributed by atoms with Crippen molar-refractivity contribution >= 4 is 28.3 Å². The van der Waals surface area contributed by atoms with Crippen LogP contribution in [0.5, 0.6) is 0 Å². The topological polar surface area (TPSA) is 89.6 Å². The smallest absolute Gasteiger partial charge is 0.176 e. The molecule has 4 rings (SSSR count). The number of aryl methyl sites for hydroxylation is 1. The first-order valence-corrected chi connectivity index (χ1v) is 7.19. The molecule has 1 atom stereocenters. The molecule has 0 saturated carbocycles. The molecule has 1 N–H and O–H groups in total. The Balaban J connectivity index is 1.87. The molecule has 4 heterocycles. The molecule has 0 aromatic carbocycles. The van der Waals surface area contributed by atoms with Crippen molar-refractivity contribution in [1.82, 2.24) is 39.6 Å². The Labute approximate surface area is 130 Å². The Morgan fingerprint density at radius 2 is 2.09 bits per heavy atom. The van der Waals surface area contributed by atoms with Crippen LogP contribution in [0.3, 0.4) is 0 Å². The summed E-state index contributed by atoms with van der Waals surface area (Å²) in [5.74, 6) is 0.651. The van der Waals surface area contributed by atoms with Crippen LogP contribution >= 0.6 is 11.6 Å². The Morgan fingerprint density at radius 3 is 2.82 bits per heavy atom. The van der Waals surface area contributed by atoms with Crippen molar-refractivity contribution in [2.75, 3.05) is 0 Å². The van der Waals surface area contributed by atoms with Gasteiger partial charge in [-0.25, -0.2) is 14.5 Å². The zero-order chi connectivity index (χ0) is 15.4. The normalized spacial score (nSPS) is 13.3. The van der Waals surface area contributed by atoms with E-state index in [1.807, 2.05) is 25.5 Å². The Morgan fingerprint density at radius 1 is 1.27 bits per heavy atom. The quantitative estimate of drug-likeness (QED) is 0.611. The Hall–Kier alpha value is -2.48. The van der Waals surface area contributed by atoms with E-state index in [9.17, 15) is 0 Å². The van der Waals surface area contributed by atoms with Gasteiger partial charge in [0.2, 0.25) is 0 Å². The number of aromatic amines is 1. The lowest BCUT2D eigenvalue weighted by Crippen LogP contribution is -2.12. The van der Waals surface area contributed by atoms with Gasteiger partial charge >= 0.3 is 0 Å². The summed E-state index contributed by atoms with van der Waals surface area (Å²) in [5.41, 5.74) is 3.10. The van der Waals surface area contributed by atoms with Gasteiger partial charge in [0.1, 0.15) is 12.4 Å². The van der Waals surface area contributed by atoms with Crippen molar-refractivity contribution in [2.45, 2.75) is 26.8 Å². The highest BCUT2D eigenvalue weighted by atomic mass is 35.5. The summed E-state index contributed by atoms with van der Waals surface area (Å²) in [6.45, 7) is 5.81. The fraction of sp³-hybridized carbons (Fsp3) is 0.308. The van der Waals surface area contributed by atoms with Crippen molar-refractivity contribution in [1.29, 1.82) is 0 Å². The van der Waals surface area contributed by atoms with Crippen LogP contribution in [0.25, 0.3) is 16.7 Å². The lowest BCUT2D eigenvalue weighted by Gasteiger charge is -2.10. The summed E-state index contributed by atoms with van der Waals surface area (Å²) < 4.78 is 3.49. The predicted molar refractivity (Wildman–Crippen MR) is 81.0 cm³/mol. The monoisotopic (exact) mass is 316 g/mol. The van der Waals surface area contributed by atoms with E-state index in [1.165, 1.54) is 0 Å². The SMILES string of the molecule is Cc1nn(C(C)c2nc3c4cn[nH]c4ncn3n2)c(C)c1Cl. The maximum absolute atomic E-state index is 6.22. The summed E-state index contributed by atoms with van der Waals surface area (Å²) in [4.78, 5) is 8.87. The predicted octanol–water partition coefficient (Wildman–Crippen LogP) is 2.08. The molecule has 0 aliphatic rings. The third-order valence-corrected chi connectivity index (χ3v) is 4.33. The van der Waals surface area contributed by atoms with Crippen molar-refractivity contribution in [3.05, 3.63) is 34.8 Å². The first-order chi connectivity index (χ1) is 10.6. The molecule has 0 saturated heterocycles. The van der Waals surface area contributed by atoms with E-state index < -0.39 is 0 Å². The largest absolute Gasteiger partial charge is 0.261 e. The molecule has 0 aliphatic heterocycles. The number of fused-ring (bicyclic) bond motifs is 3. The highest BCUT2D eigenvalue weighted by Crippen LogP contribution is 2.25. The number of hydrogen-bond acceptors (Lipinski definition) is 5. The average molecular weight is 317 g/mol. The van der Waals surface area contributed by atoms with Gasteiger partial charge in [0, 0.05) is 0 Å². The molecule has 22 heavy (non-hydrogen) atoms. The molecule has 112 valence electrons. The van der Waals surface area contributed by atoms with Crippen LogP contribution in [0, 0.1) is 13.8 Å². The Bertz CT molecular complexity index is 994. The molecule has 4 aromatic rings. The molecule has 0 radical (unpaired) electrons. The second kappa shape index (κ2) is 4.51. The minimum atomic E-state index is -0.131. The molecule has 0 fully saturated rings. The molecular formula is C13H13ClN8. The molecular weight excluding hydrogens is 304 g/mol. The highest BCUT2D eigenvalue weighted by Gasteiger charge is 2.20. The van der Waals surface area contributed by atoms with Crippen LogP contribution in [0.1, 0.15) is 30.2 Å². The molecule has 0 bridgehead atoms. The Kier molecular flexibility index (Phi) is 2.70. The first-order valence-electron chi connectivity index (χ1n) is 6.82. The van der Waals surface area contributed by atoms with E-state index in [0.717, 1.165) is 16.8 Å². The lowest BCUT2D eigenvalue weighted by molar-refractivity contribution is 0.520. The van der Waals surface area contributed by atoms with Gasteiger partial charge in [0.15, 0.2) is 17.1 Å². The average Bonchev–Trinajstić information content (AvgIpc) is 3.19. The van der Waals surface area contributed by atoms with Gasteiger partial charge in [0.25, 0.3) is 0 Å². The number of nitrogens with zero attached hydrogens (tertiary/aromatic N) is 7. The minimum Gasteiger partial charge on any atom is -0.261 e. The fourth-order valence-corrected chi connectivity index (χ4v) is 2.69. The molecule has 0 amide bonds. The summed E-state index contributed by atoms with van der Waals surface area (Å²) in [6.07, 6.45) is 3.31. The van der Waals surface area contributed by atoms with E-state index in [1.54, 1.807) is 17.0 Å². The maximum atomic E-state index is 6.22. The molecule has 0 spiro atoms. The summed E-state index contributed by atoms with van der Waals surface area (Å²) in [7, 11) is 0. The van der Waals surface area contributed by atoms with Crippen molar-refractivity contribution in [3.63, 3.8) is 0 Å². The van der Waals surface area contributed by atoms with E-state index in [0.29, 0.717) is 22.1 Å². The van der Waals surface area contributed by atoms with Gasteiger partial charge in [-0.3, -0.25) is 9.78 Å². The second-order valence-corrected chi connectivity index (χ2v) is 5.60. The van der Waals surface area contributed by atoms with E-state index in [4.69, 9.17) is 11.6 Å². The summed E-state index contributed by atoms with van der Waals surface area (Å²) >= 11 is 6.22. The number of halogens is 1. The van der Waals surface area contributed by atoms with Gasteiger partial charge in [-0.2, -0.15) is 10.2 Å². The number of H-pyrrole nitrogens is 1. The standard InChI is InChI=1S/C13H13ClN8/c1-6-10(14)7(2)22(19-6)8(3)11-17-13-9-4-16-18-12(9)15-5-21(13)20-11/h4-5,8H,1-3H3,(H,16,18). The first kappa shape index (κ1) is 13.2. The van der Waals surface area contributed by atoms with Crippen molar-refractivity contribution in [3.8, 4) is 0 Å². The van der Waals surface area contributed by atoms with Crippen molar-refractivity contribution < 1.29 is 0 Å². The van der Waals surface area contributed by atoms with Gasteiger partial charge in [-0.15, -0.1) is 5.10 Å². The molecule has 1 unspecified atom stereocenters. The van der Waals surface area contributed by atoms with Crippen LogP contribution in [0.15, 0.2) is 12.5 Å². The molecule has 8 nitrogen and oxygen atoms in total. The number of nitrogens with one attached hydrogen (secondary N) is 1. The molecule has 9 heteroatoms. The lowest BCUT2D eigenvalue weighted by atomic mass is 10.3. The molecule has 4 aromatic heterocycles.